The van der Waals surface area contributed by atoms with Crippen LogP contribution in [0.5, 0.6) is 0 Å². The number of rotatable bonds is 3. The summed E-state index contributed by atoms with van der Waals surface area (Å²) in [4.78, 5) is 14.8. The minimum absolute atomic E-state index is 0.0339. The molecule has 4 heterocycles. The molecule has 7 heteroatoms. The van der Waals surface area contributed by atoms with Crippen molar-refractivity contribution in [1.82, 2.24) is 29.9 Å². The summed E-state index contributed by atoms with van der Waals surface area (Å²) in [5, 5.41) is 16.0. The fourth-order valence-corrected chi connectivity index (χ4v) is 3.86. The van der Waals surface area contributed by atoms with Crippen LogP contribution in [-0.4, -0.2) is 48.9 Å². The number of H-pyrrole nitrogens is 1. The fourth-order valence-electron chi connectivity index (χ4n) is 3.86. The summed E-state index contributed by atoms with van der Waals surface area (Å²) >= 11 is 0. The molecule has 7 nitrogen and oxygen atoms in total. The number of amides is 1. The van der Waals surface area contributed by atoms with Crippen molar-refractivity contribution in [2.45, 2.75) is 64.3 Å². The number of carbonyl (C=O) groups is 1. The molecule has 4 rings (SSSR count). The van der Waals surface area contributed by atoms with Crippen LogP contribution in [0.4, 0.5) is 0 Å². The number of hydrogen-bond donors (Lipinski definition) is 1. The van der Waals surface area contributed by atoms with Gasteiger partial charge in [0.1, 0.15) is 5.82 Å². The third-order valence-corrected chi connectivity index (χ3v) is 5.48. The van der Waals surface area contributed by atoms with Crippen molar-refractivity contribution < 1.29 is 4.79 Å². The van der Waals surface area contributed by atoms with Crippen LogP contribution in [0, 0.1) is 0 Å². The van der Waals surface area contributed by atoms with Gasteiger partial charge in [0.15, 0.2) is 0 Å². The molecule has 2 aromatic rings. The van der Waals surface area contributed by atoms with Crippen LogP contribution in [0.25, 0.3) is 0 Å². The molecular weight excluding hydrogens is 316 g/mol. The zero-order chi connectivity index (χ0) is 17.4. The van der Waals surface area contributed by atoms with E-state index in [-0.39, 0.29) is 5.91 Å². The molecule has 0 atom stereocenters. The van der Waals surface area contributed by atoms with Crippen molar-refractivity contribution in [3.8, 4) is 0 Å². The summed E-state index contributed by atoms with van der Waals surface area (Å²) in [5.74, 6) is 2.41. The Hall–Kier alpha value is -2.18. The molecule has 0 radical (unpaired) electrons. The Balaban J connectivity index is 1.41. The van der Waals surface area contributed by atoms with Crippen molar-refractivity contribution >= 4 is 5.91 Å². The highest BCUT2D eigenvalue weighted by Gasteiger charge is 2.29. The van der Waals surface area contributed by atoms with Gasteiger partial charge in [0.2, 0.25) is 5.82 Å². The number of fused-ring (bicyclic) bond motifs is 1. The highest BCUT2D eigenvalue weighted by Crippen LogP contribution is 2.29. The number of aromatic nitrogens is 5. The summed E-state index contributed by atoms with van der Waals surface area (Å²) in [5.41, 5.74) is 2.32. The maximum absolute atomic E-state index is 12.9. The van der Waals surface area contributed by atoms with Gasteiger partial charge in [-0.05, 0) is 37.7 Å². The van der Waals surface area contributed by atoms with Gasteiger partial charge in [0.25, 0.3) is 5.91 Å². The lowest BCUT2D eigenvalue weighted by Gasteiger charge is -2.31. The fraction of sp³-hybridized carbons (Fsp3) is 0.667. The van der Waals surface area contributed by atoms with E-state index in [1.54, 1.807) is 0 Å². The van der Waals surface area contributed by atoms with Gasteiger partial charge >= 0.3 is 0 Å². The van der Waals surface area contributed by atoms with Crippen LogP contribution in [0.15, 0.2) is 6.07 Å². The van der Waals surface area contributed by atoms with Crippen LogP contribution in [0.3, 0.4) is 0 Å². The van der Waals surface area contributed by atoms with E-state index in [0.29, 0.717) is 17.7 Å². The highest BCUT2D eigenvalue weighted by atomic mass is 16.2. The first-order valence-corrected chi connectivity index (χ1v) is 9.40. The molecule has 0 unspecified atom stereocenters. The zero-order valence-electron chi connectivity index (χ0n) is 15.0. The maximum Gasteiger partial charge on any atom is 0.291 e. The van der Waals surface area contributed by atoms with Gasteiger partial charge in [-0.2, -0.15) is 5.10 Å². The monoisotopic (exact) mass is 342 g/mol. The average molecular weight is 342 g/mol. The van der Waals surface area contributed by atoms with E-state index in [2.05, 4.69) is 40.3 Å². The summed E-state index contributed by atoms with van der Waals surface area (Å²) in [6, 6.07) is 2.18. The molecule has 0 aromatic carbocycles. The van der Waals surface area contributed by atoms with Crippen molar-refractivity contribution in [2.24, 2.45) is 0 Å². The predicted octanol–water partition coefficient (Wildman–Crippen LogP) is 2.48. The number of piperidine rings is 1. The standard InChI is InChI=1S/C18H26N6O/c1-12(2)14-11-15(20-19-14)13-6-9-23(10-7-13)18(25)17-22-21-16-5-3-4-8-24(16)17/h11-13H,3-10H2,1-2H3,(H,19,20). The Morgan fingerprint density at radius 1 is 1.20 bits per heavy atom. The molecule has 0 spiro atoms. The molecule has 2 aliphatic rings. The van der Waals surface area contributed by atoms with Crippen LogP contribution >= 0.6 is 0 Å². The Kier molecular flexibility index (Phi) is 4.31. The first kappa shape index (κ1) is 16.3. The van der Waals surface area contributed by atoms with E-state index < -0.39 is 0 Å². The molecule has 0 aliphatic carbocycles. The summed E-state index contributed by atoms with van der Waals surface area (Å²) in [7, 11) is 0. The second-order valence-corrected chi connectivity index (χ2v) is 7.52. The molecule has 1 saturated heterocycles. The van der Waals surface area contributed by atoms with Crippen LogP contribution < -0.4 is 0 Å². The first-order valence-electron chi connectivity index (χ1n) is 9.40. The molecule has 134 valence electrons. The molecule has 25 heavy (non-hydrogen) atoms. The Morgan fingerprint density at radius 2 is 2.00 bits per heavy atom. The third kappa shape index (κ3) is 3.07. The number of likely N-dealkylation sites (tertiary alicyclic amines) is 1. The maximum atomic E-state index is 12.9. The van der Waals surface area contributed by atoms with Gasteiger partial charge in [-0.15, -0.1) is 10.2 Å². The highest BCUT2D eigenvalue weighted by molar-refractivity contribution is 5.90. The molecular formula is C18H26N6O. The van der Waals surface area contributed by atoms with E-state index in [1.807, 2.05) is 9.47 Å². The Morgan fingerprint density at radius 3 is 2.72 bits per heavy atom. The summed E-state index contributed by atoms with van der Waals surface area (Å²) in [6.07, 6.45) is 5.10. The minimum Gasteiger partial charge on any atom is -0.336 e. The van der Waals surface area contributed by atoms with E-state index in [0.717, 1.165) is 63.3 Å². The first-order chi connectivity index (χ1) is 12.1. The number of nitrogens with one attached hydrogen (secondary N) is 1. The van der Waals surface area contributed by atoms with Crippen molar-refractivity contribution in [1.29, 1.82) is 0 Å². The SMILES string of the molecule is CC(C)c1cc(C2CCN(C(=O)c3nnc4n3CCCC4)CC2)[nH]n1. The Labute approximate surface area is 147 Å². The lowest BCUT2D eigenvalue weighted by Crippen LogP contribution is -2.39. The lowest BCUT2D eigenvalue weighted by atomic mass is 9.93. The zero-order valence-corrected chi connectivity index (χ0v) is 15.0. The minimum atomic E-state index is 0.0339. The molecule has 0 bridgehead atoms. The molecule has 1 fully saturated rings. The van der Waals surface area contributed by atoms with Gasteiger partial charge in [0, 0.05) is 37.7 Å². The van der Waals surface area contributed by atoms with E-state index >= 15 is 0 Å². The normalized spacial score (nSPS) is 18.6. The van der Waals surface area contributed by atoms with Crippen molar-refractivity contribution in [2.75, 3.05) is 13.1 Å². The Bertz CT molecular complexity index is 753. The third-order valence-electron chi connectivity index (χ3n) is 5.48. The van der Waals surface area contributed by atoms with E-state index in [1.165, 1.54) is 5.69 Å². The quantitative estimate of drug-likeness (QED) is 0.929. The van der Waals surface area contributed by atoms with Gasteiger partial charge < -0.3 is 9.47 Å². The number of nitrogens with zero attached hydrogens (tertiary/aromatic N) is 5. The number of aromatic amines is 1. The smallest absolute Gasteiger partial charge is 0.291 e. The summed E-state index contributed by atoms with van der Waals surface area (Å²) < 4.78 is 2.02. The van der Waals surface area contributed by atoms with E-state index in [4.69, 9.17) is 0 Å². The number of carbonyl (C=O) groups excluding carboxylic acids is 1. The number of hydrogen-bond acceptors (Lipinski definition) is 4. The van der Waals surface area contributed by atoms with Crippen LogP contribution in [-0.2, 0) is 13.0 Å². The largest absolute Gasteiger partial charge is 0.336 e. The average Bonchev–Trinajstić information content (AvgIpc) is 3.29. The van der Waals surface area contributed by atoms with Crippen LogP contribution in [0.1, 0.15) is 79.2 Å². The topological polar surface area (TPSA) is 79.7 Å². The predicted molar refractivity (Wildman–Crippen MR) is 93.5 cm³/mol. The van der Waals surface area contributed by atoms with Crippen molar-refractivity contribution in [3.63, 3.8) is 0 Å². The molecule has 2 aromatic heterocycles. The molecule has 1 amide bonds. The molecule has 1 N–H and O–H groups in total. The van der Waals surface area contributed by atoms with Gasteiger partial charge in [-0.25, -0.2) is 0 Å². The second-order valence-electron chi connectivity index (χ2n) is 7.52. The summed E-state index contributed by atoms with van der Waals surface area (Å²) in [6.45, 7) is 6.70. The van der Waals surface area contributed by atoms with Gasteiger partial charge in [0.05, 0.1) is 5.69 Å². The van der Waals surface area contributed by atoms with Gasteiger partial charge in [-0.1, -0.05) is 13.8 Å². The van der Waals surface area contributed by atoms with Gasteiger partial charge in [-0.3, -0.25) is 9.89 Å². The van der Waals surface area contributed by atoms with E-state index in [9.17, 15) is 4.79 Å². The molecule has 0 saturated carbocycles. The number of aryl methyl sites for hydroxylation is 1. The second kappa shape index (κ2) is 6.61. The van der Waals surface area contributed by atoms with Crippen LogP contribution in [0.2, 0.25) is 0 Å². The van der Waals surface area contributed by atoms with Crippen molar-refractivity contribution in [3.05, 3.63) is 29.1 Å². The molecule has 2 aliphatic heterocycles. The lowest BCUT2D eigenvalue weighted by molar-refractivity contribution is 0.0693.